The molecule has 0 aliphatic heterocycles. The molecule has 0 unspecified atom stereocenters. The molecule has 0 bridgehead atoms. The number of nitrogen functional groups attached to an aromatic ring is 1. The number of aryl methyl sites for hydroxylation is 1. The summed E-state index contributed by atoms with van der Waals surface area (Å²) in [7, 11) is 1.66. The van der Waals surface area contributed by atoms with E-state index >= 15 is 0 Å². The number of pyridine rings is 1. The zero-order valence-electron chi connectivity index (χ0n) is 15.8. The Balaban J connectivity index is 1.66. The maximum Gasteiger partial charge on any atom is 0.242 e. The van der Waals surface area contributed by atoms with Crippen LogP contribution in [0.15, 0.2) is 48.7 Å². The second-order valence-electron chi connectivity index (χ2n) is 6.95. The number of hydrogen-bond acceptors (Lipinski definition) is 4. The molecule has 2 N–H and O–H groups in total. The predicted octanol–water partition coefficient (Wildman–Crippen LogP) is 5.32. The summed E-state index contributed by atoms with van der Waals surface area (Å²) in [6.07, 6.45) is 6.44. The van der Waals surface area contributed by atoms with E-state index in [4.69, 9.17) is 15.2 Å². The van der Waals surface area contributed by atoms with Gasteiger partial charge in [0, 0.05) is 11.8 Å². The van der Waals surface area contributed by atoms with Crippen molar-refractivity contribution in [3.05, 3.63) is 65.4 Å². The zero-order valence-corrected chi connectivity index (χ0v) is 15.8. The average Bonchev–Trinajstić information content (AvgIpc) is 2.72. The lowest BCUT2D eigenvalue weighted by Crippen LogP contribution is -2.06. The molecule has 27 heavy (non-hydrogen) atoms. The SMILES string of the molecule is COc1ccc(-c2cnc(Oc3cccc4c3CCCC4)c(N)c2C)cc1. The van der Waals surface area contributed by atoms with Crippen molar-refractivity contribution in [3.63, 3.8) is 0 Å². The van der Waals surface area contributed by atoms with E-state index in [1.165, 1.54) is 24.0 Å². The molecule has 0 fully saturated rings. The molecule has 0 radical (unpaired) electrons. The number of benzene rings is 2. The van der Waals surface area contributed by atoms with Gasteiger partial charge in [0.25, 0.3) is 0 Å². The van der Waals surface area contributed by atoms with Gasteiger partial charge < -0.3 is 15.2 Å². The molecule has 1 heterocycles. The van der Waals surface area contributed by atoms with E-state index < -0.39 is 0 Å². The van der Waals surface area contributed by atoms with Crippen molar-refractivity contribution in [1.82, 2.24) is 4.98 Å². The van der Waals surface area contributed by atoms with Gasteiger partial charge in [-0.1, -0.05) is 24.3 Å². The summed E-state index contributed by atoms with van der Waals surface area (Å²) in [4.78, 5) is 4.52. The van der Waals surface area contributed by atoms with Gasteiger partial charge in [0.05, 0.1) is 12.8 Å². The molecule has 4 nitrogen and oxygen atoms in total. The highest BCUT2D eigenvalue weighted by atomic mass is 16.5. The number of anilines is 1. The molecule has 3 aromatic rings. The van der Waals surface area contributed by atoms with Gasteiger partial charge in [-0.05, 0) is 73.1 Å². The normalized spacial score (nSPS) is 13.1. The van der Waals surface area contributed by atoms with Gasteiger partial charge in [-0.25, -0.2) is 4.98 Å². The van der Waals surface area contributed by atoms with Gasteiger partial charge in [-0.3, -0.25) is 0 Å². The first-order chi connectivity index (χ1) is 13.2. The van der Waals surface area contributed by atoms with Crippen LogP contribution in [0.25, 0.3) is 11.1 Å². The van der Waals surface area contributed by atoms with Gasteiger partial charge in [-0.15, -0.1) is 0 Å². The molecular weight excluding hydrogens is 336 g/mol. The number of nitrogens with zero attached hydrogens (tertiary/aromatic N) is 1. The largest absolute Gasteiger partial charge is 0.497 e. The molecular formula is C23H24N2O2. The lowest BCUT2D eigenvalue weighted by molar-refractivity contribution is 0.415. The van der Waals surface area contributed by atoms with Crippen LogP contribution in [0.3, 0.4) is 0 Å². The molecule has 1 aliphatic rings. The van der Waals surface area contributed by atoms with E-state index in [-0.39, 0.29) is 0 Å². The Labute approximate surface area is 160 Å². The summed E-state index contributed by atoms with van der Waals surface area (Å²) in [5, 5.41) is 0. The molecule has 1 aromatic heterocycles. The second-order valence-corrected chi connectivity index (χ2v) is 6.95. The quantitative estimate of drug-likeness (QED) is 0.684. The van der Waals surface area contributed by atoms with Crippen LogP contribution in [0.2, 0.25) is 0 Å². The first-order valence-electron chi connectivity index (χ1n) is 9.35. The van der Waals surface area contributed by atoms with E-state index in [1.54, 1.807) is 7.11 Å². The zero-order chi connectivity index (χ0) is 18.8. The van der Waals surface area contributed by atoms with Crippen molar-refractivity contribution in [3.8, 4) is 28.5 Å². The highest BCUT2D eigenvalue weighted by Gasteiger charge is 2.17. The average molecular weight is 360 g/mol. The third-order valence-corrected chi connectivity index (χ3v) is 5.31. The summed E-state index contributed by atoms with van der Waals surface area (Å²) < 4.78 is 11.4. The summed E-state index contributed by atoms with van der Waals surface area (Å²) in [6, 6.07) is 14.1. The molecule has 0 spiro atoms. The minimum Gasteiger partial charge on any atom is -0.497 e. The van der Waals surface area contributed by atoms with E-state index in [0.717, 1.165) is 41.0 Å². The van der Waals surface area contributed by atoms with Crippen LogP contribution in [0.4, 0.5) is 5.69 Å². The van der Waals surface area contributed by atoms with Crippen molar-refractivity contribution in [1.29, 1.82) is 0 Å². The molecule has 4 rings (SSSR count). The van der Waals surface area contributed by atoms with Gasteiger partial charge in [0.1, 0.15) is 11.5 Å². The van der Waals surface area contributed by atoms with Gasteiger partial charge >= 0.3 is 0 Å². The number of rotatable bonds is 4. The third kappa shape index (κ3) is 3.35. The summed E-state index contributed by atoms with van der Waals surface area (Å²) in [6.45, 7) is 2.00. The number of methoxy groups -OCH3 is 1. The lowest BCUT2D eigenvalue weighted by Gasteiger charge is -2.20. The summed E-state index contributed by atoms with van der Waals surface area (Å²) in [5.74, 6) is 2.18. The molecule has 0 atom stereocenters. The first kappa shape index (κ1) is 17.4. The molecule has 0 saturated heterocycles. The van der Waals surface area contributed by atoms with Crippen molar-refractivity contribution >= 4 is 5.69 Å². The van der Waals surface area contributed by atoms with Crippen LogP contribution in [0.1, 0.15) is 29.5 Å². The first-order valence-corrected chi connectivity index (χ1v) is 9.35. The number of nitrogens with two attached hydrogens (primary N) is 1. The monoisotopic (exact) mass is 360 g/mol. The Morgan fingerprint density at radius 2 is 1.78 bits per heavy atom. The van der Waals surface area contributed by atoms with Gasteiger partial charge in [-0.2, -0.15) is 0 Å². The molecule has 1 aliphatic carbocycles. The van der Waals surface area contributed by atoms with Crippen LogP contribution in [0.5, 0.6) is 17.4 Å². The maximum atomic E-state index is 6.39. The molecule has 2 aromatic carbocycles. The topological polar surface area (TPSA) is 57.4 Å². The van der Waals surface area contributed by atoms with Gasteiger partial charge in [0.2, 0.25) is 5.88 Å². The molecule has 0 saturated carbocycles. The number of aromatic nitrogens is 1. The van der Waals surface area contributed by atoms with Crippen LogP contribution < -0.4 is 15.2 Å². The van der Waals surface area contributed by atoms with Crippen LogP contribution in [-0.4, -0.2) is 12.1 Å². The summed E-state index contributed by atoms with van der Waals surface area (Å²) >= 11 is 0. The van der Waals surface area contributed by atoms with E-state index in [1.807, 2.05) is 49.5 Å². The van der Waals surface area contributed by atoms with Crippen LogP contribution >= 0.6 is 0 Å². The van der Waals surface area contributed by atoms with E-state index in [9.17, 15) is 0 Å². The summed E-state index contributed by atoms with van der Waals surface area (Å²) in [5.41, 5.74) is 12.7. The Bertz CT molecular complexity index is 965. The Morgan fingerprint density at radius 1 is 1.00 bits per heavy atom. The highest BCUT2D eigenvalue weighted by molar-refractivity contribution is 5.74. The Morgan fingerprint density at radius 3 is 2.56 bits per heavy atom. The minimum atomic E-state index is 0.476. The minimum absolute atomic E-state index is 0.476. The fourth-order valence-electron chi connectivity index (χ4n) is 3.68. The Kier molecular flexibility index (Phi) is 4.71. The van der Waals surface area contributed by atoms with Gasteiger partial charge in [0.15, 0.2) is 0 Å². The van der Waals surface area contributed by atoms with Crippen molar-refractivity contribution in [2.24, 2.45) is 0 Å². The number of hydrogen-bond donors (Lipinski definition) is 1. The highest BCUT2D eigenvalue weighted by Crippen LogP contribution is 2.37. The Hall–Kier alpha value is -3.01. The maximum absolute atomic E-state index is 6.39. The second kappa shape index (κ2) is 7.31. The number of ether oxygens (including phenoxy) is 2. The fourth-order valence-corrected chi connectivity index (χ4v) is 3.68. The van der Waals surface area contributed by atoms with Crippen molar-refractivity contribution in [2.75, 3.05) is 12.8 Å². The fraction of sp³-hybridized carbons (Fsp3) is 0.261. The molecule has 4 heteroatoms. The van der Waals surface area contributed by atoms with Crippen LogP contribution in [0, 0.1) is 6.92 Å². The number of fused-ring (bicyclic) bond motifs is 1. The standard InChI is InChI=1S/C23H24N2O2/c1-15-20(17-10-12-18(26-2)13-11-17)14-25-23(22(15)24)27-21-9-5-7-16-6-3-4-8-19(16)21/h5,7,9-14H,3-4,6,8,24H2,1-2H3. The van der Waals surface area contributed by atoms with Crippen molar-refractivity contribution in [2.45, 2.75) is 32.6 Å². The third-order valence-electron chi connectivity index (χ3n) is 5.31. The van der Waals surface area contributed by atoms with Crippen molar-refractivity contribution < 1.29 is 9.47 Å². The smallest absolute Gasteiger partial charge is 0.242 e. The predicted molar refractivity (Wildman–Crippen MR) is 109 cm³/mol. The van der Waals surface area contributed by atoms with E-state index in [2.05, 4.69) is 11.1 Å². The molecule has 138 valence electrons. The van der Waals surface area contributed by atoms with E-state index in [0.29, 0.717) is 11.6 Å². The lowest BCUT2D eigenvalue weighted by atomic mass is 9.91. The molecule has 0 amide bonds. The van der Waals surface area contributed by atoms with Crippen LogP contribution in [-0.2, 0) is 12.8 Å².